The van der Waals surface area contributed by atoms with Gasteiger partial charge in [0.2, 0.25) is 6.08 Å². The monoisotopic (exact) mass is 259 g/mol. The number of benzene rings is 1. The van der Waals surface area contributed by atoms with Gasteiger partial charge in [0.15, 0.2) is 0 Å². The molecule has 0 aromatic heterocycles. The van der Waals surface area contributed by atoms with Gasteiger partial charge in [0.1, 0.15) is 0 Å². The fourth-order valence-electron chi connectivity index (χ4n) is 2.77. The minimum atomic E-state index is -0.220. The maximum Gasteiger partial charge on any atom is 0.235 e. The fraction of sp³-hybridized carbons (Fsp3) is 0.533. The lowest BCUT2D eigenvalue weighted by Gasteiger charge is -2.22. The zero-order valence-electron chi connectivity index (χ0n) is 10.4. The molecule has 0 unspecified atom stereocenters. The van der Waals surface area contributed by atoms with E-state index in [0.29, 0.717) is 0 Å². The number of carbonyl (C=O) groups excluding carboxylic acids is 1. The van der Waals surface area contributed by atoms with Crippen LogP contribution in [0.4, 0.5) is 0 Å². The van der Waals surface area contributed by atoms with Crippen LogP contribution in [0.25, 0.3) is 0 Å². The molecule has 1 saturated carbocycles. The number of nitrogens with zero attached hydrogens (tertiary/aromatic N) is 1. The first-order chi connectivity index (χ1) is 8.84. The molecule has 0 atom stereocenters. The molecule has 2 nitrogen and oxygen atoms in total. The van der Waals surface area contributed by atoms with Gasteiger partial charge < -0.3 is 0 Å². The lowest BCUT2D eigenvalue weighted by atomic mass is 9.91. The topological polar surface area (TPSA) is 29.4 Å². The Labute approximate surface area is 112 Å². The van der Waals surface area contributed by atoms with Gasteiger partial charge >= 0.3 is 0 Å². The summed E-state index contributed by atoms with van der Waals surface area (Å²) in [4.78, 5) is 14.4. The second kappa shape index (κ2) is 4.91. The molecule has 1 aromatic rings. The molecule has 94 valence electrons. The highest BCUT2D eigenvalue weighted by molar-refractivity contribution is 7.99. The zero-order chi connectivity index (χ0) is 12.4. The van der Waals surface area contributed by atoms with E-state index in [4.69, 9.17) is 0 Å². The van der Waals surface area contributed by atoms with Crippen LogP contribution in [-0.2, 0) is 10.3 Å². The lowest BCUT2D eigenvalue weighted by Crippen LogP contribution is -2.08. The van der Waals surface area contributed by atoms with Crippen LogP contribution >= 0.6 is 11.8 Å². The van der Waals surface area contributed by atoms with Crippen molar-refractivity contribution in [2.75, 3.05) is 11.5 Å². The highest BCUT2D eigenvalue weighted by Crippen LogP contribution is 2.49. The Balaban J connectivity index is 1.78. The molecule has 3 rings (SSSR count). The van der Waals surface area contributed by atoms with Gasteiger partial charge in [-0.25, -0.2) is 4.79 Å². The minimum Gasteiger partial charge on any atom is -0.211 e. The van der Waals surface area contributed by atoms with Gasteiger partial charge in [-0.15, -0.1) is 0 Å². The summed E-state index contributed by atoms with van der Waals surface area (Å²) in [6, 6.07) is 8.78. The third-order valence-electron chi connectivity index (χ3n) is 4.12. The van der Waals surface area contributed by atoms with Crippen LogP contribution in [-0.4, -0.2) is 17.6 Å². The van der Waals surface area contributed by atoms with Gasteiger partial charge in [0.05, 0.1) is 5.54 Å². The van der Waals surface area contributed by atoms with Gasteiger partial charge in [-0.05, 0) is 54.2 Å². The van der Waals surface area contributed by atoms with Gasteiger partial charge in [-0.3, -0.25) is 0 Å². The quantitative estimate of drug-likeness (QED) is 0.613. The van der Waals surface area contributed by atoms with Crippen LogP contribution in [0.5, 0.6) is 0 Å². The second-order valence-electron chi connectivity index (χ2n) is 5.24. The average molecular weight is 259 g/mol. The lowest BCUT2D eigenvalue weighted by molar-refractivity contribution is 0.556. The number of isocyanates is 1. The average Bonchev–Trinajstić information content (AvgIpc) is 3.21. The number of hydrogen-bond acceptors (Lipinski definition) is 3. The van der Waals surface area contributed by atoms with E-state index in [-0.39, 0.29) is 5.54 Å². The first-order valence-corrected chi connectivity index (χ1v) is 7.77. The predicted octanol–water partition coefficient (Wildman–Crippen LogP) is 3.62. The molecule has 1 aliphatic carbocycles. The van der Waals surface area contributed by atoms with E-state index in [2.05, 4.69) is 41.0 Å². The third-order valence-corrected chi connectivity index (χ3v) is 5.17. The van der Waals surface area contributed by atoms with Crippen molar-refractivity contribution >= 4 is 17.8 Å². The standard InChI is InChI=1S/C15H17NOS/c17-11-16-15(7-8-15)14-3-1-12(2-4-14)13-5-9-18-10-6-13/h1-4,13H,5-10H2. The summed E-state index contributed by atoms with van der Waals surface area (Å²) >= 11 is 2.06. The number of thioether (sulfide) groups is 1. The third kappa shape index (κ3) is 2.25. The molecule has 18 heavy (non-hydrogen) atoms. The zero-order valence-corrected chi connectivity index (χ0v) is 11.2. The van der Waals surface area contributed by atoms with Crippen LogP contribution in [0.1, 0.15) is 42.7 Å². The summed E-state index contributed by atoms with van der Waals surface area (Å²) < 4.78 is 0. The van der Waals surface area contributed by atoms with Crippen LogP contribution in [0.2, 0.25) is 0 Å². The van der Waals surface area contributed by atoms with Gasteiger partial charge in [0, 0.05) is 0 Å². The first kappa shape index (κ1) is 12.0. The van der Waals surface area contributed by atoms with Crippen LogP contribution in [0.15, 0.2) is 29.3 Å². The molecule has 2 aliphatic rings. The molecule has 0 spiro atoms. The smallest absolute Gasteiger partial charge is 0.211 e. The molecular formula is C15H17NOS. The van der Waals surface area contributed by atoms with E-state index in [1.165, 1.54) is 35.5 Å². The van der Waals surface area contributed by atoms with Crippen molar-refractivity contribution in [3.63, 3.8) is 0 Å². The molecule has 1 aliphatic heterocycles. The van der Waals surface area contributed by atoms with Crippen LogP contribution < -0.4 is 0 Å². The fourth-order valence-corrected chi connectivity index (χ4v) is 3.87. The second-order valence-corrected chi connectivity index (χ2v) is 6.47. The van der Waals surface area contributed by atoms with E-state index >= 15 is 0 Å². The van der Waals surface area contributed by atoms with Crippen molar-refractivity contribution in [2.45, 2.75) is 37.1 Å². The van der Waals surface area contributed by atoms with Crippen molar-refractivity contribution < 1.29 is 4.79 Å². The number of rotatable bonds is 3. The summed E-state index contributed by atoms with van der Waals surface area (Å²) in [6.07, 6.45) is 6.28. The summed E-state index contributed by atoms with van der Waals surface area (Å²) in [7, 11) is 0. The van der Waals surface area contributed by atoms with E-state index in [9.17, 15) is 4.79 Å². The van der Waals surface area contributed by atoms with Crippen LogP contribution in [0, 0.1) is 0 Å². The Morgan fingerprint density at radius 2 is 1.83 bits per heavy atom. The highest BCUT2D eigenvalue weighted by Gasteiger charge is 2.44. The molecule has 0 bridgehead atoms. The summed E-state index contributed by atoms with van der Waals surface area (Å²) in [5.74, 6) is 3.29. The molecule has 1 heterocycles. The normalized spacial score (nSPS) is 22.2. The Morgan fingerprint density at radius 3 is 2.39 bits per heavy atom. The van der Waals surface area contributed by atoms with Crippen LogP contribution in [0.3, 0.4) is 0 Å². The molecule has 1 saturated heterocycles. The maximum atomic E-state index is 10.5. The number of aliphatic imine (C=N–C) groups is 1. The van der Waals surface area contributed by atoms with E-state index in [1.54, 1.807) is 6.08 Å². The highest BCUT2D eigenvalue weighted by atomic mass is 32.2. The minimum absolute atomic E-state index is 0.220. The largest absolute Gasteiger partial charge is 0.235 e. The molecule has 3 heteroatoms. The first-order valence-electron chi connectivity index (χ1n) is 6.61. The van der Waals surface area contributed by atoms with Crippen molar-refractivity contribution in [1.82, 2.24) is 0 Å². The van der Waals surface area contributed by atoms with E-state index in [0.717, 1.165) is 18.8 Å². The molecule has 0 N–H and O–H groups in total. The molecule has 0 amide bonds. The van der Waals surface area contributed by atoms with Gasteiger partial charge in [0.25, 0.3) is 0 Å². The SMILES string of the molecule is O=C=NC1(c2ccc(C3CCSCC3)cc2)CC1. The Kier molecular flexibility index (Phi) is 3.27. The van der Waals surface area contributed by atoms with Crippen molar-refractivity contribution in [1.29, 1.82) is 0 Å². The molecular weight excluding hydrogens is 242 g/mol. The maximum absolute atomic E-state index is 10.5. The predicted molar refractivity (Wildman–Crippen MR) is 74.8 cm³/mol. The molecule has 0 radical (unpaired) electrons. The summed E-state index contributed by atoms with van der Waals surface area (Å²) in [5, 5.41) is 0. The van der Waals surface area contributed by atoms with Gasteiger partial charge in [-0.1, -0.05) is 24.3 Å². The van der Waals surface area contributed by atoms with Crippen molar-refractivity contribution in [3.8, 4) is 0 Å². The Bertz CT molecular complexity index is 466. The Hall–Kier alpha value is -1.05. The number of hydrogen-bond donors (Lipinski definition) is 0. The van der Waals surface area contributed by atoms with E-state index < -0.39 is 0 Å². The van der Waals surface area contributed by atoms with Gasteiger partial charge in [-0.2, -0.15) is 16.8 Å². The van der Waals surface area contributed by atoms with E-state index in [1.807, 2.05) is 0 Å². The Morgan fingerprint density at radius 1 is 1.17 bits per heavy atom. The van der Waals surface area contributed by atoms with Crippen molar-refractivity contribution in [3.05, 3.63) is 35.4 Å². The summed E-state index contributed by atoms with van der Waals surface area (Å²) in [6.45, 7) is 0. The summed E-state index contributed by atoms with van der Waals surface area (Å²) in [5.41, 5.74) is 2.41. The molecule has 2 fully saturated rings. The van der Waals surface area contributed by atoms with Crippen molar-refractivity contribution in [2.24, 2.45) is 4.99 Å². The molecule has 1 aromatic carbocycles.